The van der Waals surface area contributed by atoms with Crippen molar-refractivity contribution in [2.24, 2.45) is 0 Å². The first kappa shape index (κ1) is 37.7. The van der Waals surface area contributed by atoms with Gasteiger partial charge >= 0.3 is 0 Å². The minimum atomic E-state index is 0.202. The fourth-order valence-corrected chi connectivity index (χ4v) is 10.7. The maximum Gasteiger partial charge on any atom is 0.151 e. The molecule has 7 aromatic carbocycles. The average molecular weight is 807 g/mol. The molecular weight excluding hydrogens is 761 g/mol. The van der Waals surface area contributed by atoms with E-state index in [9.17, 15) is 10.5 Å². The van der Waals surface area contributed by atoms with Crippen LogP contribution in [0.3, 0.4) is 0 Å². The molecule has 0 radical (unpaired) electrons. The molecule has 4 aliphatic rings. The van der Waals surface area contributed by atoms with Gasteiger partial charge in [-0.25, -0.2) is 0 Å². The van der Waals surface area contributed by atoms with Gasteiger partial charge in [0.05, 0.1) is 57.4 Å². The van der Waals surface area contributed by atoms with E-state index in [1.165, 1.54) is 46.5 Å². The highest BCUT2D eigenvalue weighted by molar-refractivity contribution is 6.07. The molecule has 0 saturated heterocycles. The molecule has 6 heteroatoms. The Morgan fingerprint density at radius 3 is 1.05 bits per heavy atom. The number of benzene rings is 7. The zero-order chi connectivity index (χ0) is 41.6. The van der Waals surface area contributed by atoms with E-state index in [4.69, 9.17) is 9.47 Å². The normalized spacial score (nSPS) is 15.8. The van der Waals surface area contributed by atoms with E-state index in [1.807, 2.05) is 24.3 Å². The van der Waals surface area contributed by atoms with Crippen LogP contribution in [0.15, 0.2) is 146 Å². The molecular formula is C56H46N4O2. The highest BCUT2D eigenvalue weighted by Crippen LogP contribution is 2.64. The number of ether oxygens (including phenoxy) is 2. The van der Waals surface area contributed by atoms with E-state index in [2.05, 4.69) is 143 Å². The van der Waals surface area contributed by atoms with Gasteiger partial charge in [-0.05, 0) is 127 Å². The monoisotopic (exact) mass is 806 g/mol. The molecule has 62 heavy (non-hydrogen) atoms. The van der Waals surface area contributed by atoms with Gasteiger partial charge < -0.3 is 19.3 Å². The molecule has 0 spiro atoms. The highest BCUT2D eigenvalue weighted by atomic mass is 16.5. The summed E-state index contributed by atoms with van der Waals surface area (Å²) in [6, 6.07) is 55.3. The van der Waals surface area contributed by atoms with E-state index < -0.39 is 0 Å². The summed E-state index contributed by atoms with van der Waals surface area (Å²) in [5.41, 5.74) is 14.7. The summed E-state index contributed by atoms with van der Waals surface area (Å²) in [5, 5.41) is 20.2. The second-order valence-electron chi connectivity index (χ2n) is 17.1. The molecule has 0 bridgehead atoms. The molecule has 0 N–H and O–H groups in total. The van der Waals surface area contributed by atoms with Crippen LogP contribution < -0.4 is 19.3 Å². The largest absolute Gasteiger partial charge is 0.453 e. The van der Waals surface area contributed by atoms with E-state index in [0.29, 0.717) is 11.1 Å². The third-order valence-electron chi connectivity index (χ3n) is 13.5. The number of fused-ring (bicyclic) bond motifs is 4. The van der Waals surface area contributed by atoms with Gasteiger partial charge in [0.15, 0.2) is 23.0 Å². The van der Waals surface area contributed by atoms with Crippen LogP contribution in [0.4, 0.5) is 34.1 Å². The zero-order valence-electron chi connectivity index (χ0n) is 34.7. The maximum atomic E-state index is 10.1. The molecule has 0 amide bonds. The predicted octanol–water partition coefficient (Wildman–Crippen LogP) is 16.0. The van der Waals surface area contributed by atoms with Crippen LogP contribution in [0.5, 0.6) is 23.0 Å². The van der Waals surface area contributed by atoms with Crippen molar-refractivity contribution in [1.82, 2.24) is 0 Å². The maximum absolute atomic E-state index is 10.1. The Kier molecular flexibility index (Phi) is 9.71. The molecule has 7 aromatic rings. The van der Waals surface area contributed by atoms with Crippen LogP contribution in [0, 0.1) is 22.7 Å². The number of nitriles is 2. The quantitative estimate of drug-likeness (QED) is 0.167. The molecule has 6 nitrogen and oxygen atoms in total. The van der Waals surface area contributed by atoms with Crippen molar-refractivity contribution in [3.8, 4) is 57.4 Å². The predicted molar refractivity (Wildman–Crippen MR) is 248 cm³/mol. The standard InChI is InChI=1S/C56H46N4O2/c57-35-37-27-31-41(32-28-37)52-51(39-15-3-1-4-16-39)53(42-33-29-38(36-58)30-34-42)56(60-45-21-9-13-25-49(45)62-50-26-14-10-22-46(50)60)54(40-17-5-2-6-18-40)55(52)59-43-19-7-11-23-47(43)61-48-24-12-8-20-44(48)59/h7-14,19-34,39-40H,1-6,15-18H2. The third kappa shape index (κ3) is 6.38. The molecule has 2 saturated carbocycles. The highest BCUT2D eigenvalue weighted by Gasteiger charge is 2.41. The van der Waals surface area contributed by atoms with Gasteiger partial charge in [0.25, 0.3) is 0 Å². The van der Waals surface area contributed by atoms with Gasteiger partial charge in [0, 0.05) is 16.7 Å². The van der Waals surface area contributed by atoms with Gasteiger partial charge in [0.2, 0.25) is 0 Å². The van der Waals surface area contributed by atoms with Gasteiger partial charge in [-0.2, -0.15) is 10.5 Å². The first-order chi connectivity index (χ1) is 30.7. The Morgan fingerprint density at radius 1 is 0.387 bits per heavy atom. The third-order valence-corrected chi connectivity index (χ3v) is 13.5. The first-order valence-corrected chi connectivity index (χ1v) is 22.3. The molecule has 2 fully saturated rings. The number of anilines is 6. The van der Waals surface area contributed by atoms with E-state index >= 15 is 0 Å². The molecule has 11 rings (SSSR count). The molecule has 2 aliphatic carbocycles. The summed E-state index contributed by atoms with van der Waals surface area (Å²) in [7, 11) is 0. The lowest BCUT2D eigenvalue weighted by molar-refractivity contribution is 0.440. The van der Waals surface area contributed by atoms with Gasteiger partial charge in [-0.3, -0.25) is 0 Å². The lowest BCUT2D eigenvalue weighted by atomic mass is 9.71. The fourth-order valence-electron chi connectivity index (χ4n) is 10.7. The van der Waals surface area contributed by atoms with E-state index in [1.54, 1.807) is 0 Å². The Labute approximate surface area is 363 Å². The van der Waals surface area contributed by atoms with E-state index in [-0.39, 0.29) is 11.8 Å². The number of nitrogens with zero attached hydrogens (tertiary/aromatic N) is 4. The van der Waals surface area contributed by atoms with Crippen LogP contribution in [-0.4, -0.2) is 0 Å². The summed E-state index contributed by atoms with van der Waals surface area (Å²) in [6.07, 6.45) is 11.2. The van der Waals surface area contributed by atoms with Crippen LogP contribution in [-0.2, 0) is 0 Å². The summed E-state index contributed by atoms with van der Waals surface area (Å²) >= 11 is 0. The molecule has 0 aromatic heterocycles. The summed E-state index contributed by atoms with van der Waals surface area (Å²) in [5.74, 6) is 3.68. The van der Waals surface area contributed by atoms with Crippen LogP contribution in [0.2, 0.25) is 0 Å². The number of rotatable bonds is 6. The number of hydrogen-bond acceptors (Lipinski definition) is 6. The van der Waals surface area contributed by atoms with Gasteiger partial charge in [-0.1, -0.05) is 111 Å². The molecule has 0 unspecified atom stereocenters. The Bertz CT molecular complexity index is 2640. The lowest BCUT2D eigenvalue weighted by Gasteiger charge is -2.44. The van der Waals surface area contributed by atoms with Crippen LogP contribution in [0.25, 0.3) is 22.3 Å². The average Bonchev–Trinajstić information content (AvgIpc) is 3.34. The van der Waals surface area contributed by atoms with Crippen molar-refractivity contribution in [3.63, 3.8) is 0 Å². The van der Waals surface area contributed by atoms with Gasteiger partial charge in [-0.15, -0.1) is 0 Å². The summed E-state index contributed by atoms with van der Waals surface area (Å²) in [4.78, 5) is 5.03. The molecule has 0 atom stereocenters. The number of hydrogen-bond donors (Lipinski definition) is 0. The van der Waals surface area contributed by atoms with Crippen molar-refractivity contribution in [2.45, 2.75) is 76.0 Å². The van der Waals surface area contributed by atoms with Crippen molar-refractivity contribution in [1.29, 1.82) is 10.5 Å². The van der Waals surface area contributed by atoms with Crippen molar-refractivity contribution >= 4 is 34.1 Å². The van der Waals surface area contributed by atoms with Crippen LogP contribution >= 0.6 is 0 Å². The summed E-state index contributed by atoms with van der Waals surface area (Å²) < 4.78 is 13.5. The lowest BCUT2D eigenvalue weighted by Crippen LogP contribution is -2.26. The van der Waals surface area contributed by atoms with Crippen molar-refractivity contribution < 1.29 is 9.47 Å². The Morgan fingerprint density at radius 2 is 0.710 bits per heavy atom. The smallest absolute Gasteiger partial charge is 0.151 e. The number of para-hydroxylation sites is 8. The second kappa shape index (κ2) is 16.0. The van der Waals surface area contributed by atoms with E-state index in [0.717, 1.165) is 108 Å². The van der Waals surface area contributed by atoms with Crippen molar-refractivity contribution in [2.75, 3.05) is 9.80 Å². The molecule has 2 aliphatic heterocycles. The zero-order valence-corrected chi connectivity index (χ0v) is 34.7. The van der Waals surface area contributed by atoms with Gasteiger partial charge in [0.1, 0.15) is 0 Å². The second-order valence-corrected chi connectivity index (χ2v) is 17.1. The summed E-state index contributed by atoms with van der Waals surface area (Å²) in [6.45, 7) is 0. The SMILES string of the molecule is N#Cc1ccc(-c2c(C3CCCCC3)c(-c3ccc(C#N)cc3)c(N3c4ccccc4Oc4ccccc43)c(C3CCCCC3)c2N2c3ccccc3Oc3ccccc32)cc1. The Hall–Kier alpha value is -7.28. The van der Waals surface area contributed by atoms with Crippen molar-refractivity contribution in [3.05, 3.63) is 168 Å². The molecule has 2 heterocycles. The van der Waals surface area contributed by atoms with Crippen LogP contribution in [0.1, 0.15) is 98.3 Å². The Balaban J connectivity index is 1.40. The first-order valence-electron chi connectivity index (χ1n) is 22.3. The topological polar surface area (TPSA) is 72.5 Å². The fraction of sp³-hybridized carbons (Fsp3) is 0.214. The minimum Gasteiger partial charge on any atom is -0.453 e. The molecule has 302 valence electrons. The minimum absolute atomic E-state index is 0.202.